The van der Waals surface area contributed by atoms with E-state index in [1.54, 1.807) is 0 Å². The molecule has 1 saturated carbocycles. The Morgan fingerprint density at radius 2 is 2.25 bits per heavy atom. The SMILES string of the molecule is CC(C)c1c(-c2ccn(CC3CC3)n2)nc2c(C#N)c[nH]n2c1=O. The number of aromatic nitrogens is 5. The Hall–Kier alpha value is -2.88. The minimum Gasteiger partial charge on any atom is -0.295 e. The molecule has 1 fully saturated rings. The van der Waals surface area contributed by atoms with Crippen molar-refractivity contribution in [2.75, 3.05) is 0 Å². The molecule has 0 spiro atoms. The quantitative estimate of drug-likeness (QED) is 0.797. The number of fused-ring (bicyclic) bond motifs is 1. The van der Waals surface area contributed by atoms with Gasteiger partial charge in [-0.1, -0.05) is 13.8 Å². The van der Waals surface area contributed by atoms with Crippen LogP contribution in [0.2, 0.25) is 0 Å². The Labute approximate surface area is 138 Å². The fraction of sp³-hybridized carbons (Fsp3) is 0.412. The standard InChI is InChI=1S/C17H18N6O/c1-10(2)14-15(13-5-6-22(21-13)9-11-3-4-11)20-16-12(7-18)8-19-23(16)17(14)24/h5-6,8,10-11,19H,3-4,9H2,1-2H3. The first-order valence-electron chi connectivity index (χ1n) is 8.16. The summed E-state index contributed by atoms with van der Waals surface area (Å²) in [6.07, 6.45) is 5.95. The largest absolute Gasteiger partial charge is 0.295 e. The highest BCUT2D eigenvalue weighted by molar-refractivity contribution is 5.65. The van der Waals surface area contributed by atoms with Crippen molar-refractivity contribution in [3.8, 4) is 17.5 Å². The zero-order chi connectivity index (χ0) is 16.8. The zero-order valence-electron chi connectivity index (χ0n) is 13.7. The predicted octanol–water partition coefficient (Wildman–Crippen LogP) is 2.29. The average molecular weight is 322 g/mol. The highest BCUT2D eigenvalue weighted by Gasteiger charge is 2.24. The molecule has 7 heteroatoms. The lowest BCUT2D eigenvalue weighted by Crippen LogP contribution is -2.22. The monoisotopic (exact) mass is 322 g/mol. The van der Waals surface area contributed by atoms with Gasteiger partial charge in [0.15, 0.2) is 5.65 Å². The normalized spacial score (nSPS) is 14.4. The van der Waals surface area contributed by atoms with E-state index in [2.05, 4.69) is 21.3 Å². The Morgan fingerprint density at radius 3 is 2.92 bits per heavy atom. The van der Waals surface area contributed by atoms with Crippen molar-refractivity contribution in [3.63, 3.8) is 0 Å². The molecule has 122 valence electrons. The number of H-pyrrole nitrogens is 1. The second-order valence-electron chi connectivity index (χ2n) is 6.66. The maximum Gasteiger partial charge on any atom is 0.276 e. The maximum absolute atomic E-state index is 12.8. The smallest absolute Gasteiger partial charge is 0.276 e. The van der Waals surface area contributed by atoms with Crippen LogP contribution in [0.25, 0.3) is 17.0 Å². The van der Waals surface area contributed by atoms with Gasteiger partial charge in [-0.3, -0.25) is 14.6 Å². The number of nitriles is 1. The van der Waals surface area contributed by atoms with Crippen molar-refractivity contribution in [1.29, 1.82) is 5.26 Å². The molecular formula is C17H18N6O. The van der Waals surface area contributed by atoms with Gasteiger partial charge in [-0.25, -0.2) is 9.50 Å². The zero-order valence-corrected chi connectivity index (χ0v) is 13.7. The minimum absolute atomic E-state index is 0.000632. The van der Waals surface area contributed by atoms with Crippen LogP contribution in [0.1, 0.15) is 43.7 Å². The number of rotatable bonds is 4. The van der Waals surface area contributed by atoms with Crippen molar-refractivity contribution >= 4 is 5.65 Å². The second kappa shape index (κ2) is 5.34. The van der Waals surface area contributed by atoms with Crippen LogP contribution in [0.4, 0.5) is 0 Å². The third-order valence-electron chi connectivity index (χ3n) is 4.42. The molecule has 7 nitrogen and oxygen atoms in total. The molecule has 0 radical (unpaired) electrons. The highest BCUT2D eigenvalue weighted by Crippen LogP contribution is 2.31. The van der Waals surface area contributed by atoms with Crippen LogP contribution in [0, 0.1) is 17.2 Å². The van der Waals surface area contributed by atoms with E-state index >= 15 is 0 Å². The van der Waals surface area contributed by atoms with Crippen molar-refractivity contribution in [2.24, 2.45) is 5.92 Å². The van der Waals surface area contributed by atoms with Crippen molar-refractivity contribution in [2.45, 2.75) is 39.2 Å². The lowest BCUT2D eigenvalue weighted by atomic mass is 10.0. The van der Waals surface area contributed by atoms with Crippen molar-refractivity contribution < 1.29 is 0 Å². The third kappa shape index (κ3) is 2.31. The molecule has 1 aliphatic rings. The van der Waals surface area contributed by atoms with Crippen molar-refractivity contribution in [1.82, 2.24) is 24.4 Å². The van der Waals surface area contributed by atoms with Crippen LogP contribution in [-0.4, -0.2) is 24.4 Å². The summed E-state index contributed by atoms with van der Waals surface area (Å²) in [6.45, 7) is 4.83. The Balaban J connectivity index is 1.92. The molecule has 0 bridgehead atoms. The molecule has 24 heavy (non-hydrogen) atoms. The van der Waals surface area contributed by atoms with Gasteiger partial charge in [0, 0.05) is 24.5 Å². The van der Waals surface area contributed by atoms with E-state index in [-0.39, 0.29) is 11.5 Å². The van der Waals surface area contributed by atoms with Crippen LogP contribution >= 0.6 is 0 Å². The summed E-state index contributed by atoms with van der Waals surface area (Å²) in [5, 5.41) is 16.6. The molecular weight excluding hydrogens is 304 g/mol. The van der Waals surface area contributed by atoms with E-state index in [9.17, 15) is 10.1 Å². The molecule has 0 saturated heterocycles. The predicted molar refractivity (Wildman–Crippen MR) is 88.6 cm³/mol. The summed E-state index contributed by atoms with van der Waals surface area (Å²) in [4.78, 5) is 17.4. The summed E-state index contributed by atoms with van der Waals surface area (Å²) >= 11 is 0. The van der Waals surface area contributed by atoms with Gasteiger partial charge in [-0.15, -0.1) is 0 Å². The van der Waals surface area contributed by atoms with Gasteiger partial charge in [0.1, 0.15) is 23.0 Å². The average Bonchev–Trinajstić information content (AvgIpc) is 3.08. The highest BCUT2D eigenvalue weighted by atomic mass is 16.1. The lowest BCUT2D eigenvalue weighted by molar-refractivity contribution is 0.564. The fourth-order valence-corrected chi connectivity index (χ4v) is 2.98. The van der Waals surface area contributed by atoms with Gasteiger partial charge >= 0.3 is 0 Å². The van der Waals surface area contributed by atoms with Crippen LogP contribution in [-0.2, 0) is 6.54 Å². The van der Waals surface area contributed by atoms with E-state index in [1.165, 1.54) is 23.6 Å². The van der Waals surface area contributed by atoms with Gasteiger partial charge in [0.2, 0.25) is 0 Å². The molecule has 0 atom stereocenters. The van der Waals surface area contributed by atoms with E-state index in [0.29, 0.717) is 28.2 Å². The van der Waals surface area contributed by atoms with Crippen LogP contribution < -0.4 is 5.56 Å². The molecule has 0 amide bonds. The number of aromatic amines is 1. The van der Waals surface area contributed by atoms with Crippen LogP contribution in [0.15, 0.2) is 23.3 Å². The number of hydrogen-bond acceptors (Lipinski definition) is 4. The second-order valence-corrected chi connectivity index (χ2v) is 6.66. The van der Waals surface area contributed by atoms with Crippen LogP contribution in [0.5, 0.6) is 0 Å². The van der Waals surface area contributed by atoms with Gasteiger partial charge in [-0.2, -0.15) is 10.4 Å². The first-order valence-corrected chi connectivity index (χ1v) is 8.16. The fourth-order valence-electron chi connectivity index (χ4n) is 2.98. The molecule has 3 aromatic heterocycles. The number of hydrogen-bond donors (Lipinski definition) is 1. The Kier molecular flexibility index (Phi) is 3.27. The molecule has 1 N–H and O–H groups in total. The molecule has 0 aromatic carbocycles. The molecule has 4 rings (SSSR count). The van der Waals surface area contributed by atoms with Gasteiger partial charge in [0.25, 0.3) is 5.56 Å². The first kappa shape index (κ1) is 14.7. The summed E-state index contributed by atoms with van der Waals surface area (Å²) in [5.74, 6) is 0.720. The van der Waals surface area contributed by atoms with Gasteiger partial charge in [-0.05, 0) is 30.7 Å². The minimum atomic E-state index is -0.178. The summed E-state index contributed by atoms with van der Waals surface area (Å²) in [5.41, 5.74) is 2.38. The summed E-state index contributed by atoms with van der Waals surface area (Å²) in [7, 11) is 0. The number of nitrogens with zero attached hydrogens (tertiary/aromatic N) is 5. The van der Waals surface area contributed by atoms with E-state index in [0.717, 1.165) is 12.5 Å². The molecule has 3 heterocycles. The van der Waals surface area contributed by atoms with E-state index in [1.807, 2.05) is 30.8 Å². The Morgan fingerprint density at radius 1 is 1.46 bits per heavy atom. The maximum atomic E-state index is 12.8. The lowest BCUT2D eigenvalue weighted by Gasteiger charge is -2.10. The summed E-state index contributed by atoms with van der Waals surface area (Å²) < 4.78 is 3.25. The third-order valence-corrected chi connectivity index (χ3v) is 4.42. The summed E-state index contributed by atoms with van der Waals surface area (Å²) in [6, 6.07) is 3.96. The first-order chi connectivity index (χ1) is 11.6. The van der Waals surface area contributed by atoms with Crippen molar-refractivity contribution in [3.05, 3.63) is 39.9 Å². The topological polar surface area (TPSA) is 91.8 Å². The van der Waals surface area contributed by atoms with E-state index in [4.69, 9.17) is 0 Å². The van der Waals surface area contributed by atoms with Gasteiger partial charge in [0.05, 0.1) is 0 Å². The Bertz CT molecular complexity index is 1010. The van der Waals surface area contributed by atoms with E-state index < -0.39 is 0 Å². The molecule has 1 aliphatic carbocycles. The number of nitrogens with one attached hydrogen (secondary N) is 1. The molecule has 0 unspecified atom stereocenters. The molecule has 3 aromatic rings. The molecule has 0 aliphatic heterocycles. The van der Waals surface area contributed by atoms with Gasteiger partial charge < -0.3 is 0 Å². The van der Waals surface area contributed by atoms with Crippen LogP contribution in [0.3, 0.4) is 0 Å².